The maximum Gasteiger partial charge on any atom is 0.171 e. The quantitative estimate of drug-likeness (QED) is 0.901. The first-order valence-electron chi connectivity index (χ1n) is 5.84. The number of nitrogens with zero attached hydrogens (tertiary/aromatic N) is 2. The predicted molar refractivity (Wildman–Crippen MR) is 69.2 cm³/mol. The molecule has 0 aliphatic heterocycles. The van der Waals surface area contributed by atoms with Crippen molar-refractivity contribution in [2.75, 3.05) is 11.4 Å². The van der Waals surface area contributed by atoms with Crippen molar-refractivity contribution in [3.63, 3.8) is 0 Å². The summed E-state index contributed by atoms with van der Waals surface area (Å²) in [6, 6.07) is 11.0. The van der Waals surface area contributed by atoms with E-state index in [1.54, 1.807) is 4.90 Å². The molecule has 1 aromatic heterocycles. The van der Waals surface area contributed by atoms with Gasteiger partial charge in [0.2, 0.25) is 0 Å². The molecular formula is C14H15FN2O. The van der Waals surface area contributed by atoms with Crippen molar-refractivity contribution in [2.24, 2.45) is 0 Å². The summed E-state index contributed by atoms with van der Waals surface area (Å²) in [7, 11) is 0. The van der Waals surface area contributed by atoms with Crippen molar-refractivity contribution in [2.45, 2.75) is 13.5 Å². The largest absolute Gasteiger partial charge is 0.392 e. The summed E-state index contributed by atoms with van der Waals surface area (Å²) in [4.78, 5) is 5.85. The van der Waals surface area contributed by atoms with Gasteiger partial charge in [0.05, 0.1) is 6.61 Å². The van der Waals surface area contributed by atoms with E-state index in [4.69, 9.17) is 5.11 Å². The second-order valence-electron chi connectivity index (χ2n) is 3.85. The first-order chi connectivity index (χ1) is 8.77. The Morgan fingerprint density at radius 1 is 1.22 bits per heavy atom. The average molecular weight is 246 g/mol. The summed E-state index contributed by atoms with van der Waals surface area (Å²) in [5, 5.41) is 9.08. The number of aliphatic hydroxyl groups excluding tert-OH is 1. The molecule has 0 spiro atoms. The maximum atomic E-state index is 14.1. The Bertz CT molecular complexity index is 516. The first-order valence-corrected chi connectivity index (χ1v) is 5.84. The molecular weight excluding hydrogens is 231 g/mol. The van der Waals surface area contributed by atoms with Crippen molar-refractivity contribution in [1.82, 2.24) is 4.98 Å². The summed E-state index contributed by atoms with van der Waals surface area (Å²) < 4.78 is 14.1. The fourth-order valence-electron chi connectivity index (χ4n) is 1.84. The predicted octanol–water partition coefficient (Wildman–Crippen LogP) is 2.87. The Morgan fingerprint density at radius 2 is 1.94 bits per heavy atom. The smallest absolute Gasteiger partial charge is 0.171 e. The van der Waals surface area contributed by atoms with Crippen LogP contribution in [0.2, 0.25) is 0 Å². The summed E-state index contributed by atoms with van der Waals surface area (Å²) in [6.45, 7) is 2.20. The number of anilines is 2. The van der Waals surface area contributed by atoms with Gasteiger partial charge < -0.3 is 10.0 Å². The fourth-order valence-corrected chi connectivity index (χ4v) is 1.84. The highest BCUT2D eigenvalue weighted by atomic mass is 19.1. The molecule has 1 N–H and O–H groups in total. The molecule has 2 aromatic rings. The number of para-hydroxylation sites is 1. The number of pyridine rings is 1. The topological polar surface area (TPSA) is 36.4 Å². The lowest BCUT2D eigenvalue weighted by molar-refractivity contribution is 0.275. The van der Waals surface area contributed by atoms with Gasteiger partial charge in [-0.1, -0.05) is 18.2 Å². The summed E-state index contributed by atoms with van der Waals surface area (Å²) >= 11 is 0. The van der Waals surface area contributed by atoms with E-state index in [-0.39, 0.29) is 18.0 Å². The van der Waals surface area contributed by atoms with Crippen LogP contribution in [-0.4, -0.2) is 16.6 Å². The zero-order valence-electron chi connectivity index (χ0n) is 10.2. The van der Waals surface area contributed by atoms with Crippen LogP contribution in [0.5, 0.6) is 0 Å². The second kappa shape index (κ2) is 5.60. The monoisotopic (exact) mass is 246 g/mol. The van der Waals surface area contributed by atoms with E-state index in [2.05, 4.69) is 4.98 Å². The zero-order valence-corrected chi connectivity index (χ0v) is 10.2. The molecule has 0 atom stereocenters. The second-order valence-corrected chi connectivity index (χ2v) is 3.85. The average Bonchev–Trinajstić information content (AvgIpc) is 2.43. The highest BCUT2D eigenvalue weighted by molar-refractivity contribution is 5.60. The molecule has 0 amide bonds. The van der Waals surface area contributed by atoms with E-state index in [1.807, 2.05) is 37.3 Å². The standard InChI is InChI=1S/C14H15FN2O/c1-2-17(12-6-4-3-5-7-12)14-13(15)11(10-18)8-9-16-14/h3-9,18H,2,10H2,1H3. The van der Waals surface area contributed by atoms with Crippen LogP contribution in [0.15, 0.2) is 42.6 Å². The van der Waals surface area contributed by atoms with Crippen LogP contribution in [-0.2, 0) is 6.61 Å². The van der Waals surface area contributed by atoms with Crippen molar-refractivity contribution in [1.29, 1.82) is 0 Å². The number of hydrogen-bond donors (Lipinski definition) is 1. The minimum Gasteiger partial charge on any atom is -0.392 e. The molecule has 1 heterocycles. The molecule has 0 unspecified atom stereocenters. The molecule has 94 valence electrons. The van der Waals surface area contributed by atoms with Gasteiger partial charge >= 0.3 is 0 Å². The van der Waals surface area contributed by atoms with E-state index in [1.165, 1.54) is 12.3 Å². The van der Waals surface area contributed by atoms with Gasteiger partial charge in [-0.05, 0) is 25.1 Å². The lowest BCUT2D eigenvalue weighted by Crippen LogP contribution is -2.19. The van der Waals surface area contributed by atoms with Crippen LogP contribution in [0, 0.1) is 5.82 Å². The number of rotatable bonds is 4. The third-order valence-corrected chi connectivity index (χ3v) is 2.76. The van der Waals surface area contributed by atoms with Gasteiger partial charge in [-0.25, -0.2) is 9.37 Å². The Labute approximate surface area is 106 Å². The van der Waals surface area contributed by atoms with Crippen LogP contribution >= 0.6 is 0 Å². The number of benzene rings is 1. The lowest BCUT2D eigenvalue weighted by atomic mass is 10.2. The van der Waals surface area contributed by atoms with Gasteiger partial charge in [0.25, 0.3) is 0 Å². The highest BCUT2D eigenvalue weighted by Crippen LogP contribution is 2.26. The van der Waals surface area contributed by atoms with E-state index < -0.39 is 5.82 Å². The Kier molecular flexibility index (Phi) is 3.89. The van der Waals surface area contributed by atoms with Gasteiger partial charge in [-0.15, -0.1) is 0 Å². The third-order valence-electron chi connectivity index (χ3n) is 2.76. The fraction of sp³-hybridized carbons (Fsp3) is 0.214. The van der Waals surface area contributed by atoms with Crippen LogP contribution in [0.1, 0.15) is 12.5 Å². The van der Waals surface area contributed by atoms with E-state index in [0.717, 1.165) is 5.69 Å². The van der Waals surface area contributed by atoms with Gasteiger partial charge in [-0.2, -0.15) is 0 Å². The molecule has 2 rings (SSSR count). The van der Waals surface area contributed by atoms with Gasteiger partial charge in [0, 0.05) is 24.0 Å². The summed E-state index contributed by atoms with van der Waals surface area (Å²) in [5.41, 5.74) is 1.14. The molecule has 0 saturated heterocycles. The van der Waals surface area contributed by atoms with E-state index in [9.17, 15) is 4.39 Å². The highest BCUT2D eigenvalue weighted by Gasteiger charge is 2.15. The number of halogens is 1. The van der Waals surface area contributed by atoms with Crippen molar-refractivity contribution in [3.05, 3.63) is 54.0 Å². The SMILES string of the molecule is CCN(c1ccccc1)c1nccc(CO)c1F. The summed E-state index contributed by atoms with van der Waals surface area (Å²) in [5.74, 6) is -0.221. The molecule has 0 aliphatic carbocycles. The molecule has 0 fully saturated rings. The molecule has 0 aliphatic rings. The molecule has 4 heteroatoms. The molecule has 1 aromatic carbocycles. The maximum absolute atomic E-state index is 14.1. The van der Waals surface area contributed by atoms with Gasteiger partial charge in [-0.3, -0.25) is 0 Å². The molecule has 0 radical (unpaired) electrons. The van der Waals surface area contributed by atoms with Crippen LogP contribution in [0.3, 0.4) is 0 Å². The zero-order chi connectivity index (χ0) is 13.0. The van der Waals surface area contributed by atoms with E-state index in [0.29, 0.717) is 6.54 Å². The van der Waals surface area contributed by atoms with Crippen molar-refractivity contribution >= 4 is 11.5 Å². The molecule has 3 nitrogen and oxygen atoms in total. The minimum atomic E-state index is -0.467. The van der Waals surface area contributed by atoms with Crippen molar-refractivity contribution < 1.29 is 9.50 Å². The Balaban J connectivity index is 2.46. The number of hydrogen-bond acceptors (Lipinski definition) is 3. The normalized spacial score (nSPS) is 10.4. The lowest BCUT2D eigenvalue weighted by Gasteiger charge is -2.23. The van der Waals surface area contributed by atoms with Crippen LogP contribution < -0.4 is 4.90 Å². The number of aromatic nitrogens is 1. The minimum absolute atomic E-state index is 0.246. The molecule has 18 heavy (non-hydrogen) atoms. The third kappa shape index (κ3) is 2.33. The van der Waals surface area contributed by atoms with Crippen LogP contribution in [0.4, 0.5) is 15.9 Å². The van der Waals surface area contributed by atoms with Gasteiger partial charge in [0.15, 0.2) is 11.6 Å². The number of aliphatic hydroxyl groups is 1. The first kappa shape index (κ1) is 12.5. The van der Waals surface area contributed by atoms with Crippen molar-refractivity contribution in [3.8, 4) is 0 Å². The van der Waals surface area contributed by atoms with Gasteiger partial charge in [0.1, 0.15) is 0 Å². The molecule has 0 bridgehead atoms. The summed E-state index contributed by atoms with van der Waals surface area (Å²) in [6.07, 6.45) is 1.51. The Morgan fingerprint density at radius 3 is 2.56 bits per heavy atom. The molecule has 0 saturated carbocycles. The van der Waals surface area contributed by atoms with E-state index >= 15 is 0 Å². The van der Waals surface area contributed by atoms with Crippen LogP contribution in [0.25, 0.3) is 0 Å². The Hall–Kier alpha value is -1.94.